The Bertz CT molecular complexity index is 598. The van der Waals surface area contributed by atoms with Gasteiger partial charge in [-0.2, -0.15) is 0 Å². The smallest absolute Gasteiger partial charge is 0.354 e. The number of ether oxygens (including phenoxy) is 4. The van der Waals surface area contributed by atoms with Crippen molar-refractivity contribution in [2.24, 2.45) is 0 Å². The number of rotatable bonds is 7. The molecule has 0 saturated carbocycles. The summed E-state index contributed by atoms with van der Waals surface area (Å²) in [6.45, 7) is 0. The van der Waals surface area contributed by atoms with Crippen LogP contribution in [0.15, 0.2) is 30.0 Å². The summed E-state index contributed by atoms with van der Waals surface area (Å²) in [5.41, 5.74) is 0.163. The molecule has 23 heavy (non-hydrogen) atoms. The van der Waals surface area contributed by atoms with Gasteiger partial charge in [0.1, 0.15) is 11.5 Å². The van der Waals surface area contributed by atoms with Crippen molar-refractivity contribution < 1.29 is 32.9 Å². The second kappa shape index (κ2) is 8.86. The van der Waals surface area contributed by atoms with E-state index in [9.17, 15) is 14.0 Å². The average molecular weight is 327 g/mol. The van der Waals surface area contributed by atoms with E-state index in [2.05, 4.69) is 14.8 Å². The van der Waals surface area contributed by atoms with Gasteiger partial charge in [-0.25, -0.2) is 14.0 Å². The van der Waals surface area contributed by atoms with Crippen LogP contribution in [0, 0.1) is 5.82 Å². The molecule has 0 unspecified atom stereocenters. The van der Waals surface area contributed by atoms with Gasteiger partial charge in [-0.1, -0.05) is 6.07 Å². The van der Waals surface area contributed by atoms with Crippen molar-refractivity contribution in [3.8, 4) is 0 Å². The zero-order chi connectivity index (χ0) is 17.4. The molecule has 0 spiro atoms. The van der Waals surface area contributed by atoms with E-state index >= 15 is 0 Å². The second-order valence-corrected chi connectivity index (χ2v) is 4.24. The fraction of sp³-hybridized carbons (Fsp3) is 0.333. The molecule has 126 valence electrons. The lowest BCUT2D eigenvalue weighted by molar-refractivity contribution is -0.138. The molecular formula is C15H18FNO6. The third-order valence-electron chi connectivity index (χ3n) is 2.83. The van der Waals surface area contributed by atoms with Crippen LogP contribution in [0.25, 0.3) is 0 Å². The lowest BCUT2D eigenvalue weighted by Gasteiger charge is -2.15. The zero-order valence-corrected chi connectivity index (χ0v) is 13.2. The molecule has 0 amide bonds. The first-order valence-corrected chi connectivity index (χ1v) is 6.46. The van der Waals surface area contributed by atoms with Crippen LogP contribution in [-0.2, 0) is 28.5 Å². The van der Waals surface area contributed by atoms with Gasteiger partial charge < -0.3 is 24.3 Å². The summed E-state index contributed by atoms with van der Waals surface area (Å²) in [6, 6.07) is 4.12. The average Bonchev–Trinajstić information content (AvgIpc) is 2.56. The van der Waals surface area contributed by atoms with Gasteiger partial charge in [-0.3, -0.25) is 0 Å². The van der Waals surface area contributed by atoms with E-state index in [4.69, 9.17) is 9.47 Å². The highest BCUT2D eigenvalue weighted by atomic mass is 19.1. The van der Waals surface area contributed by atoms with Crippen LogP contribution < -0.4 is 5.32 Å². The quantitative estimate of drug-likeness (QED) is 0.464. The number of methoxy groups -OCH3 is 4. The van der Waals surface area contributed by atoms with E-state index in [1.165, 1.54) is 26.4 Å². The van der Waals surface area contributed by atoms with Crippen LogP contribution >= 0.6 is 0 Å². The maximum atomic E-state index is 14.2. The molecule has 7 nitrogen and oxygen atoms in total. The van der Waals surface area contributed by atoms with Crippen molar-refractivity contribution in [3.05, 3.63) is 41.4 Å². The van der Waals surface area contributed by atoms with Crippen molar-refractivity contribution in [3.63, 3.8) is 0 Å². The standard InChI is InChI=1S/C15H18FNO6/c1-20-13(18)8-12(14(19)21-2)17-11-6-5-9(7-10(11)16)15(22-3)23-4/h5-8,15,17H,1-4H3/b12-8+. The molecule has 0 aliphatic rings. The van der Waals surface area contributed by atoms with Crippen molar-refractivity contribution in [2.75, 3.05) is 33.8 Å². The summed E-state index contributed by atoms with van der Waals surface area (Å²) in [6.07, 6.45) is 0.149. The van der Waals surface area contributed by atoms with Crippen LogP contribution in [0.5, 0.6) is 0 Å². The van der Waals surface area contributed by atoms with E-state index in [0.717, 1.165) is 20.3 Å². The highest BCUT2D eigenvalue weighted by Gasteiger charge is 2.16. The molecule has 8 heteroatoms. The predicted octanol–water partition coefficient (Wildman–Crippen LogP) is 1.76. The fourth-order valence-electron chi connectivity index (χ4n) is 1.73. The number of hydrogen-bond donors (Lipinski definition) is 1. The van der Waals surface area contributed by atoms with E-state index in [1.807, 2.05) is 0 Å². The lowest BCUT2D eigenvalue weighted by Crippen LogP contribution is -2.16. The highest BCUT2D eigenvalue weighted by molar-refractivity contribution is 5.98. The van der Waals surface area contributed by atoms with E-state index in [-0.39, 0.29) is 11.4 Å². The molecule has 0 aliphatic heterocycles. The van der Waals surface area contributed by atoms with Crippen molar-refractivity contribution in [1.82, 2.24) is 0 Å². The Kier molecular flexibility index (Phi) is 7.17. The molecule has 0 aromatic heterocycles. The van der Waals surface area contributed by atoms with Gasteiger partial charge in [0, 0.05) is 19.8 Å². The molecule has 1 N–H and O–H groups in total. The zero-order valence-electron chi connectivity index (χ0n) is 13.2. The van der Waals surface area contributed by atoms with Gasteiger partial charge in [0.15, 0.2) is 6.29 Å². The molecule has 0 bridgehead atoms. The Morgan fingerprint density at radius 3 is 2.26 bits per heavy atom. The van der Waals surface area contributed by atoms with Gasteiger partial charge in [0.25, 0.3) is 0 Å². The number of benzene rings is 1. The van der Waals surface area contributed by atoms with Crippen LogP contribution in [-0.4, -0.2) is 40.4 Å². The first-order valence-electron chi connectivity index (χ1n) is 6.46. The summed E-state index contributed by atoms with van der Waals surface area (Å²) >= 11 is 0. The summed E-state index contributed by atoms with van der Waals surface area (Å²) in [7, 11) is 5.13. The Hall–Kier alpha value is -2.45. The number of hydrogen-bond acceptors (Lipinski definition) is 7. The van der Waals surface area contributed by atoms with Crippen molar-refractivity contribution in [2.45, 2.75) is 6.29 Å². The molecule has 0 atom stereocenters. The van der Waals surface area contributed by atoms with Gasteiger partial charge in [-0.05, 0) is 12.1 Å². The molecule has 0 heterocycles. The number of nitrogens with one attached hydrogen (secondary N) is 1. The normalized spacial score (nSPS) is 11.3. The number of carbonyl (C=O) groups is 2. The van der Waals surface area contributed by atoms with Crippen LogP contribution in [0.4, 0.5) is 10.1 Å². The summed E-state index contributed by atoms with van der Waals surface area (Å²) in [5.74, 6) is -2.29. The highest BCUT2D eigenvalue weighted by Crippen LogP contribution is 2.23. The van der Waals surface area contributed by atoms with Gasteiger partial charge in [0.05, 0.1) is 26.0 Å². The Labute approximate surface area is 133 Å². The SMILES string of the molecule is COC(=O)/C=C(/Nc1ccc(C(OC)OC)cc1F)C(=O)OC. The molecule has 1 rings (SSSR count). The summed E-state index contributed by atoms with van der Waals surface area (Å²) in [5, 5.41) is 2.49. The number of carbonyl (C=O) groups excluding carboxylic acids is 2. The molecular weight excluding hydrogens is 309 g/mol. The molecule has 0 saturated heterocycles. The van der Waals surface area contributed by atoms with Crippen LogP contribution in [0.2, 0.25) is 0 Å². The predicted molar refractivity (Wildman–Crippen MR) is 78.9 cm³/mol. The summed E-state index contributed by atoms with van der Waals surface area (Å²) in [4.78, 5) is 22.9. The van der Waals surface area contributed by atoms with E-state index in [0.29, 0.717) is 5.56 Å². The number of halogens is 1. The summed E-state index contributed by atoms with van der Waals surface area (Å²) < 4.78 is 33.2. The maximum Gasteiger partial charge on any atom is 0.354 e. The first kappa shape index (κ1) is 18.6. The largest absolute Gasteiger partial charge is 0.466 e. The van der Waals surface area contributed by atoms with Gasteiger partial charge >= 0.3 is 11.9 Å². The lowest BCUT2D eigenvalue weighted by atomic mass is 10.2. The van der Waals surface area contributed by atoms with Crippen molar-refractivity contribution in [1.29, 1.82) is 0 Å². The number of anilines is 1. The Balaban J connectivity index is 3.08. The van der Waals surface area contributed by atoms with Gasteiger partial charge in [-0.15, -0.1) is 0 Å². The monoisotopic (exact) mass is 327 g/mol. The minimum Gasteiger partial charge on any atom is -0.466 e. The molecule has 0 radical (unpaired) electrons. The molecule has 1 aromatic rings. The maximum absolute atomic E-state index is 14.2. The minimum absolute atomic E-state index is 0.0275. The first-order chi connectivity index (χ1) is 11.0. The number of esters is 2. The van der Waals surface area contributed by atoms with Crippen LogP contribution in [0.3, 0.4) is 0 Å². The molecule has 1 aromatic carbocycles. The Morgan fingerprint density at radius 1 is 1.13 bits per heavy atom. The second-order valence-electron chi connectivity index (χ2n) is 4.24. The van der Waals surface area contributed by atoms with Crippen LogP contribution in [0.1, 0.15) is 11.9 Å². The fourth-order valence-corrected chi connectivity index (χ4v) is 1.73. The van der Waals surface area contributed by atoms with E-state index in [1.54, 1.807) is 6.07 Å². The van der Waals surface area contributed by atoms with E-state index < -0.39 is 24.0 Å². The third kappa shape index (κ3) is 5.04. The topological polar surface area (TPSA) is 83.1 Å². The third-order valence-corrected chi connectivity index (χ3v) is 2.83. The van der Waals surface area contributed by atoms with Crippen molar-refractivity contribution >= 4 is 17.6 Å². The molecule has 0 fully saturated rings. The Morgan fingerprint density at radius 2 is 1.78 bits per heavy atom. The van der Waals surface area contributed by atoms with Gasteiger partial charge in [0.2, 0.25) is 0 Å². The minimum atomic E-state index is -0.842. The molecule has 0 aliphatic carbocycles.